The molecule has 0 radical (unpaired) electrons. The first-order valence-corrected chi connectivity index (χ1v) is 18.2. The second-order valence-corrected chi connectivity index (χ2v) is 14.6. The molecule has 0 saturated carbocycles. The minimum Gasteiger partial charge on any atom is -0.308 e. The van der Waals surface area contributed by atoms with Crippen molar-refractivity contribution in [2.24, 2.45) is 0 Å². The lowest BCUT2D eigenvalue weighted by Crippen LogP contribution is -2.12. The van der Waals surface area contributed by atoms with Crippen LogP contribution in [0.3, 0.4) is 0 Å². The highest BCUT2D eigenvalue weighted by atomic mass is 32.1. The monoisotopic (exact) mass is 659 g/mol. The Hall–Kier alpha value is -5.74. The van der Waals surface area contributed by atoms with Gasteiger partial charge in [0.2, 0.25) is 0 Å². The van der Waals surface area contributed by atoms with E-state index in [1.807, 2.05) is 22.7 Å². The largest absolute Gasteiger partial charge is 0.308 e. The van der Waals surface area contributed by atoms with Gasteiger partial charge in [0.1, 0.15) is 0 Å². The second-order valence-electron chi connectivity index (χ2n) is 12.5. The number of nitrogens with zero attached hydrogens (tertiary/aromatic N) is 1. The SMILES string of the molecule is c1ccc(-c2ccc3c(sc4ccccc43)c2N(c2ccc(-c3cccc4sc5ccccc5c34)cc2)c2cccc3ccccc23)cc1. The number of thiophene rings is 2. The Balaban J connectivity index is 1.26. The number of anilines is 3. The second kappa shape index (κ2) is 11.5. The predicted molar refractivity (Wildman–Crippen MR) is 215 cm³/mol. The van der Waals surface area contributed by atoms with E-state index in [0.717, 1.165) is 5.69 Å². The zero-order chi connectivity index (χ0) is 32.3. The topological polar surface area (TPSA) is 3.24 Å². The van der Waals surface area contributed by atoms with Gasteiger partial charge in [-0.05, 0) is 58.5 Å². The summed E-state index contributed by atoms with van der Waals surface area (Å²) in [5, 5.41) is 7.69. The minimum absolute atomic E-state index is 1.13. The van der Waals surface area contributed by atoms with Crippen molar-refractivity contribution in [3.8, 4) is 22.3 Å². The smallest absolute Gasteiger partial charge is 0.0718 e. The van der Waals surface area contributed by atoms with Crippen molar-refractivity contribution in [1.82, 2.24) is 0 Å². The summed E-state index contributed by atoms with van der Waals surface area (Å²) in [5.74, 6) is 0. The Morgan fingerprint density at radius 3 is 1.84 bits per heavy atom. The molecule has 2 aromatic heterocycles. The molecule has 0 aliphatic heterocycles. The van der Waals surface area contributed by atoms with Crippen molar-refractivity contribution in [2.45, 2.75) is 0 Å². The molecule has 49 heavy (non-hydrogen) atoms. The van der Waals surface area contributed by atoms with Crippen LogP contribution in [0.25, 0.3) is 73.4 Å². The van der Waals surface area contributed by atoms with E-state index in [-0.39, 0.29) is 0 Å². The summed E-state index contributed by atoms with van der Waals surface area (Å²) < 4.78 is 5.24. The van der Waals surface area contributed by atoms with Gasteiger partial charge in [-0.15, -0.1) is 22.7 Å². The van der Waals surface area contributed by atoms with Crippen molar-refractivity contribution in [1.29, 1.82) is 0 Å². The molecule has 10 aromatic rings. The summed E-state index contributed by atoms with van der Waals surface area (Å²) in [6, 6.07) is 64.4. The number of hydrogen-bond donors (Lipinski definition) is 0. The fourth-order valence-corrected chi connectivity index (χ4v) is 9.82. The molecule has 8 aromatic carbocycles. The quantitative estimate of drug-likeness (QED) is 0.178. The third kappa shape index (κ3) is 4.58. The molecule has 3 heteroatoms. The molecule has 2 heterocycles. The molecule has 0 N–H and O–H groups in total. The Morgan fingerprint density at radius 2 is 1.00 bits per heavy atom. The molecule has 0 atom stereocenters. The molecule has 0 fully saturated rings. The molecule has 0 spiro atoms. The first kappa shape index (κ1) is 28.3. The minimum atomic E-state index is 1.13. The van der Waals surface area contributed by atoms with E-state index in [2.05, 4.69) is 181 Å². The van der Waals surface area contributed by atoms with Crippen LogP contribution in [0.15, 0.2) is 176 Å². The van der Waals surface area contributed by atoms with Gasteiger partial charge in [-0.25, -0.2) is 0 Å². The first-order valence-electron chi connectivity index (χ1n) is 16.6. The molecule has 1 nitrogen and oxygen atoms in total. The summed E-state index contributed by atoms with van der Waals surface area (Å²) >= 11 is 3.75. The lowest BCUT2D eigenvalue weighted by atomic mass is 9.97. The van der Waals surface area contributed by atoms with E-state index in [9.17, 15) is 0 Å². The maximum absolute atomic E-state index is 2.51. The Kier molecular flexibility index (Phi) is 6.61. The third-order valence-electron chi connectivity index (χ3n) is 9.68. The van der Waals surface area contributed by atoms with Crippen molar-refractivity contribution in [2.75, 3.05) is 4.90 Å². The van der Waals surface area contributed by atoms with Gasteiger partial charge in [-0.3, -0.25) is 0 Å². The average molecular weight is 660 g/mol. The number of rotatable bonds is 5. The van der Waals surface area contributed by atoms with Crippen LogP contribution in [-0.2, 0) is 0 Å². The molecule has 230 valence electrons. The summed E-state index contributed by atoms with van der Waals surface area (Å²) in [5.41, 5.74) is 8.42. The predicted octanol–water partition coefficient (Wildman–Crippen LogP) is 14.4. The van der Waals surface area contributed by atoms with E-state index < -0.39 is 0 Å². The van der Waals surface area contributed by atoms with Gasteiger partial charge < -0.3 is 4.90 Å². The lowest BCUT2D eigenvalue weighted by molar-refractivity contribution is 1.32. The van der Waals surface area contributed by atoms with Crippen LogP contribution in [0.4, 0.5) is 17.1 Å². The summed E-state index contributed by atoms with van der Waals surface area (Å²) in [6.07, 6.45) is 0. The van der Waals surface area contributed by atoms with Crippen molar-refractivity contribution in [3.63, 3.8) is 0 Å². The van der Waals surface area contributed by atoms with E-state index in [0.29, 0.717) is 0 Å². The Morgan fingerprint density at radius 1 is 0.367 bits per heavy atom. The average Bonchev–Trinajstić information content (AvgIpc) is 3.75. The fraction of sp³-hybridized carbons (Fsp3) is 0. The van der Waals surface area contributed by atoms with Gasteiger partial charge in [0.05, 0.1) is 16.1 Å². The van der Waals surface area contributed by atoms with E-state index in [4.69, 9.17) is 0 Å². The van der Waals surface area contributed by atoms with Crippen molar-refractivity contribution < 1.29 is 0 Å². The van der Waals surface area contributed by atoms with Crippen molar-refractivity contribution in [3.05, 3.63) is 176 Å². The van der Waals surface area contributed by atoms with Gasteiger partial charge in [-0.1, -0.05) is 140 Å². The maximum atomic E-state index is 2.51. The van der Waals surface area contributed by atoms with Gasteiger partial charge >= 0.3 is 0 Å². The zero-order valence-corrected chi connectivity index (χ0v) is 28.1. The van der Waals surface area contributed by atoms with Gasteiger partial charge in [0, 0.05) is 52.3 Å². The van der Waals surface area contributed by atoms with Crippen LogP contribution in [0, 0.1) is 0 Å². The number of hydrogen-bond acceptors (Lipinski definition) is 3. The van der Waals surface area contributed by atoms with E-state index in [1.54, 1.807) is 0 Å². The van der Waals surface area contributed by atoms with Crippen molar-refractivity contribution >= 4 is 90.9 Å². The van der Waals surface area contributed by atoms with Gasteiger partial charge in [0.25, 0.3) is 0 Å². The summed E-state index contributed by atoms with van der Waals surface area (Å²) in [7, 11) is 0. The summed E-state index contributed by atoms with van der Waals surface area (Å²) in [4.78, 5) is 2.51. The molecule has 0 bridgehead atoms. The standard InChI is InChI=1S/C46H29NS2/c1-2-12-31(13-3-1)36-28-29-38-37-17-6-8-21-41(37)49-46(38)45(36)47(40-20-10-15-30-14-4-5-16-34(30)40)33-26-24-32(25-27-33)35-19-11-23-43-44(35)39-18-7-9-22-42(39)48-43/h1-29H. The molecular weight excluding hydrogens is 631 g/mol. The van der Waals surface area contributed by atoms with E-state index >= 15 is 0 Å². The molecule has 10 rings (SSSR count). The maximum Gasteiger partial charge on any atom is 0.0718 e. The Labute approximate surface area is 292 Å². The highest BCUT2D eigenvalue weighted by molar-refractivity contribution is 7.26. The van der Waals surface area contributed by atoms with E-state index in [1.165, 1.54) is 84.7 Å². The van der Waals surface area contributed by atoms with Crippen LogP contribution in [0.2, 0.25) is 0 Å². The molecule has 0 aliphatic rings. The van der Waals surface area contributed by atoms with Crippen LogP contribution < -0.4 is 4.90 Å². The lowest BCUT2D eigenvalue weighted by Gasteiger charge is -2.30. The van der Waals surface area contributed by atoms with Gasteiger partial charge in [0.15, 0.2) is 0 Å². The molecular formula is C46H29NS2. The number of fused-ring (bicyclic) bond motifs is 7. The molecule has 0 aliphatic carbocycles. The number of benzene rings is 8. The normalized spacial score (nSPS) is 11.7. The van der Waals surface area contributed by atoms with Crippen LogP contribution >= 0.6 is 22.7 Å². The van der Waals surface area contributed by atoms with Crippen LogP contribution in [-0.4, -0.2) is 0 Å². The summed E-state index contributed by atoms with van der Waals surface area (Å²) in [6.45, 7) is 0. The van der Waals surface area contributed by atoms with Gasteiger partial charge in [-0.2, -0.15) is 0 Å². The highest BCUT2D eigenvalue weighted by Gasteiger charge is 2.24. The Bertz CT molecular complexity index is 2820. The van der Waals surface area contributed by atoms with Crippen LogP contribution in [0.1, 0.15) is 0 Å². The zero-order valence-electron chi connectivity index (χ0n) is 26.5. The molecule has 0 unspecified atom stereocenters. The fourth-order valence-electron chi connectivity index (χ4n) is 7.44. The van der Waals surface area contributed by atoms with Crippen LogP contribution in [0.5, 0.6) is 0 Å². The first-order chi connectivity index (χ1) is 24.3. The highest BCUT2D eigenvalue weighted by Crippen LogP contribution is 2.51. The molecule has 0 amide bonds. The molecule has 0 saturated heterocycles. The third-order valence-corrected chi connectivity index (χ3v) is 12.0.